The third kappa shape index (κ3) is 9.57. The molecule has 0 aromatic heterocycles. The van der Waals surface area contributed by atoms with Crippen LogP contribution in [-0.2, 0) is 0 Å². The molecule has 428 valence electrons. The Morgan fingerprint density at radius 1 is 0.120 bits per heavy atom. The Morgan fingerprint density at radius 3 is 0.424 bits per heavy atom. The third-order valence-electron chi connectivity index (χ3n) is 18.8. The Bertz CT molecular complexity index is 4620. The highest BCUT2D eigenvalue weighted by molar-refractivity contribution is 6.35. The molecule has 0 aliphatic rings. The van der Waals surface area contributed by atoms with Crippen molar-refractivity contribution in [1.82, 2.24) is 0 Å². The van der Waals surface area contributed by atoms with Crippen molar-refractivity contribution < 1.29 is 0 Å². The quantitative estimate of drug-likeness (QED) is 0.0845. The molecule has 0 bridgehead atoms. The molecule has 0 unspecified atom stereocenters. The van der Waals surface area contributed by atoms with E-state index in [-0.39, 0.29) is 0 Å². The van der Waals surface area contributed by atoms with Gasteiger partial charge >= 0.3 is 0 Å². The van der Waals surface area contributed by atoms with Gasteiger partial charge in [-0.1, -0.05) is 315 Å². The summed E-state index contributed by atoms with van der Waals surface area (Å²) in [4.78, 5) is 0. The maximum Gasteiger partial charge on any atom is -0.00255 e. The maximum atomic E-state index is 2.54. The summed E-state index contributed by atoms with van der Waals surface area (Å²) >= 11 is 0. The van der Waals surface area contributed by atoms with Crippen LogP contribution in [0.1, 0.15) is 0 Å². The molecular formula is C92H60. The molecule has 0 amide bonds. The van der Waals surface area contributed by atoms with E-state index in [1.54, 1.807) is 0 Å². The summed E-state index contributed by atoms with van der Waals surface area (Å²) in [6.07, 6.45) is 0. The first-order chi connectivity index (χ1) is 45.7. The summed E-state index contributed by atoms with van der Waals surface area (Å²) in [7, 11) is 0. The van der Waals surface area contributed by atoms with Gasteiger partial charge in [0.05, 0.1) is 0 Å². The molecule has 0 aliphatic carbocycles. The minimum absolute atomic E-state index is 1.16. The Hall–Kier alpha value is -12.0. The average Bonchev–Trinajstić information content (AvgIpc) is 0.708. The fourth-order valence-electron chi connectivity index (χ4n) is 14.8. The first-order valence-electron chi connectivity index (χ1n) is 31.9. The molecule has 0 heteroatoms. The highest BCUT2D eigenvalue weighted by Crippen LogP contribution is 2.53. The average molecular weight is 1170 g/mol. The van der Waals surface area contributed by atoms with Gasteiger partial charge in [-0.15, -0.1) is 0 Å². The van der Waals surface area contributed by atoms with Gasteiger partial charge in [-0.2, -0.15) is 0 Å². The lowest BCUT2D eigenvalue weighted by Gasteiger charge is -2.24. The standard InChI is InChI=1S/C92H60/c1-9-29-61(30-10-1)75-45-25-46-76(62-31-11-2-12-32-62)87(75)71-53-69-54-72(88-77(63-33-13-3-14-34-63)47-26-48-78(88)64-35-15-4-16-36-64)59-85-86-60-74(90-81(67-41-21-7-22-42-67)51-28-52-82(90)68-43-23-8-24-44-68)56-70-55-73(58-84(92(70)86)83(57-71)91(69)85)89-79(65-37-17-5-18-38-65)49-27-50-80(89)66-39-19-6-20-40-66/h1-60H. The number of rotatable bonds is 12. The van der Waals surface area contributed by atoms with E-state index < -0.39 is 0 Å². The summed E-state index contributed by atoms with van der Waals surface area (Å²) in [5.74, 6) is 0. The van der Waals surface area contributed by atoms with E-state index in [1.165, 1.54) is 154 Å². The SMILES string of the molecule is c1ccc(-c2cccc(-c3ccccc3)c2-c2cc3cc(-c4c(-c5ccccc5)cccc4-c4ccccc4)cc4c5cc(-c6c(-c7ccccc7)cccc6-c6ccccc6)cc6cc(-c7c(-c8ccccc8)cccc7-c7ccccc7)cc(c(c2)c34)c65)cc1. The first kappa shape index (κ1) is 54.2. The number of hydrogen-bond donors (Lipinski definition) is 0. The molecule has 0 saturated carbocycles. The predicted octanol–water partition coefficient (Wildman–Crippen LogP) is 25.7. The van der Waals surface area contributed by atoms with Gasteiger partial charge in [0.25, 0.3) is 0 Å². The highest BCUT2D eigenvalue weighted by atomic mass is 14.3. The van der Waals surface area contributed by atoms with Crippen molar-refractivity contribution >= 4 is 43.1 Å². The summed E-state index contributed by atoms with van der Waals surface area (Å²) < 4.78 is 0. The Morgan fingerprint density at radius 2 is 0.272 bits per heavy atom. The van der Waals surface area contributed by atoms with Crippen LogP contribution in [0.25, 0.3) is 177 Å². The van der Waals surface area contributed by atoms with Crippen molar-refractivity contribution in [2.75, 3.05) is 0 Å². The number of hydrogen-bond acceptors (Lipinski definition) is 0. The van der Waals surface area contributed by atoms with E-state index >= 15 is 0 Å². The van der Waals surface area contributed by atoms with E-state index in [4.69, 9.17) is 0 Å². The van der Waals surface area contributed by atoms with Gasteiger partial charge in [-0.25, -0.2) is 0 Å². The molecule has 0 aliphatic heterocycles. The topological polar surface area (TPSA) is 0 Å². The molecule has 0 radical (unpaired) electrons. The zero-order chi connectivity index (χ0) is 60.9. The normalized spacial score (nSPS) is 11.5. The molecule has 0 N–H and O–H groups in total. The van der Waals surface area contributed by atoms with Gasteiger partial charge in [0.15, 0.2) is 0 Å². The van der Waals surface area contributed by atoms with Crippen LogP contribution in [0, 0.1) is 0 Å². The molecule has 0 heterocycles. The summed E-state index contributed by atoms with van der Waals surface area (Å²) in [6.45, 7) is 0. The van der Waals surface area contributed by atoms with E-state index in [1.807, 2.05) is 0 Å². The van der Waals surface area contributed by atoms with Crippen LogP contribution >= 0.6 is 0 Å². The first-order valence-corrected chi connectivity index (χ1v) is 31.9. The van der Waals surface area contributed by atoms with Crippen molar-refractivity contribution in [2.45, 2.75) is 0 Å². The second-order valence-corrected chi connectivity index (χ2v) is 24.1. The summed E-state index contributed by atoms with van der Waals surface area (Å²) in [5.41, 5.74) is 28.3. The van der Waals surface area contributed by atoms with Crippen molar-refractivity contribution in [3.8, 4) is 134 Å². The van der Waals surface area contributed by atoms with E-state index in [0.29, 0.717) is 0 Å². The van der Waals surface area contributed by atoms with Crippen molar-refractivity contribution in [1.29, 1.82) is 0 Å². The van der Waals surface area contributed by atoms with Crippen LogP contribution in [0.3, 0.4) is 0 Å². The lowest BCUT2D eigenvalue weighted by Crippen LogP contribution is -1.97. The van der Waals surface area contributed by atoms with Crippen LogP contribution < -0.4 is 0 Å². The zero-order valence-corrected chi connectivity index (χ0v) is 50.6. The second-order valence-electron chi connectivity index (χ2n) is 24.1. The van der Waals surface area contributed by atoms with E-state index in [0.717, 1.165) is 22.3 Å². The van der Waals surface area contributed by atoms with Crippen LogP contribution in [0.2, 0.25) is 0 Å². The minimum atomic E-state index is 1.16. The van der Waals surface area contributed by atoms with Gasteiger partial charge in [0.1, 0.15) is 0 Å². The van der Waals surface area contributed by atoms with Gasteiger partial charge in [0, 0.05) is 0 Å². The van der Waals surface area contributed by atoms with E-state index in [2.05, 4.69) is 364 Å². The second kappa shape index (κ2) is 23.2. The van der Waals surface area contributed by atoms with Crippen molar-refractivity contribution in [2.24, 2.45) is 0 Å². The largest absolute Gasteiger partial charge is 0.0622 e. The molecule has 17 rings (SSSR count). The predicted molar refractivity (Wildman–Crippen MR) is 393 cm³/mol. The van der Waals surface area contributed by atoms with Crippen molar-refractivity contribution in [3.05, 3.63) is 364 Å². The minimum Gasteiger partial charge on any atom is -0.0622 e. The molecule has 0 fully saturated rings. The smallest absolute Gasteiger partial charge is 0.00255 e. The van der Waals surface area contributed by atoms with Crippen molar-refractivity contribution in [3.63, 3.8) is 0 Å². The molecule has 0 saturated heterocycles. The van der Waals surface area contributed by atoms with Crippen LogP contribution in [0.15, 0.2) is 364 Å². The van der Waals surface area contributed by atoms with E-state index in [9.17, 15) is 0 Å². The maximum absolute atomic E-state index is 2.54. The summed E-state index contributed by atoms with van der Waals surface area (Å²) in [6, 6.07) is 135. The fourth-order valence-corrected chi connectivity index (χ4v) is 14.8. The number of fused-ring (bicyclic) bond motifs is 2. The monoisotopic (exact) mass is 1160 g/mol. The van der Waals surface area contributed by atoms with Crippen LogP contribution in [0.4, 0.5) is 0 Å². The Labute approximate surface area is 537 Å². The van der Waals surface area contributed by atoms with Crippen LogP contribution in [-0.4, -0.2) is 0 Å². The molecule has 0 spiro atoms. The molecule has 0 nitrogen and oxygen atoms in total. The lowest BCUT2D eigenvalue weighted by atomic mass is 9.79. The third-order valence-corrected chi connectivity index (χ3v) is 18.8. The molecular weight excluding hydrogens is 1110 g/mol. The molecule has 92 heavy (non-hydrogen) atoms. The molecule has 17 aromatic rings. The zero-order valence-electron chi connectivity index (χ0n) is 50.6. The molecule has 17 aromatic carbocycles. The van der Waals surface area contributed by atoms with Gasteiger partial charge < -0.3 is 0 Å². The Kier molecular flexibility index (Phi) is 13.7. The molecule has 0 atom stereocenters. The fraction of sp³-hybridized carbons (Fsp3) is 0. The highest BCUT2D eigenvalue weighted by Gasteiger charge is 2.26. The summed E-state index contributed by atoms with van der Waals surface area (Å²) in [5, 5.41) is 9.65. The lowest BCUT2D eigenvalue weighted by molar-refractivity contribution is 1.56. The van der Waals surface area contributed by atoms with Gasteiger partial charge in [-0.05, 0) is 225 Å². The Balaban J connectivity index is 1.08. The van der Waals surface area contributed by atoms with Crippen LogP contribution in [0.5, 0.6) is 0 Å². The van der Waals surface area contributed by atoms with Gasteiger partial charge in [-0.3, -0.25) is 0 Å². The van der Waals surface area contributed by atoms with Gasteiger partial charge in [0.2, 0.25) is 0 Å². The number of benzene rings is 17.